The summed E-state index contributed by atoms with van der Waals surface area (Å²) in [6.07, 6.45) is 5.07. The van der Waals surface area contributed by atoms with Gasteiger partial charge in [-0.25, -0.2) is 0 Å². The van der Waals surface area contributed by atoms with Gasteiger partial charge in [-0.05, 0) is 54.2 Å². The summed E-state index contributed by atoms with van der Waals surface area (Å²) in [6, 6.07) is 9.00. The Balaban J connectivity index is 2.06. The molecule has 2 atom stereocenters. The van der Waals surface area contributed by atoms with Crippen molar-refractivity contribution in [3.05, 3.63) is 35.4 Å². The molecule has 0 aromatic heterocycles. The molecule has 2 unspecified atom stereocenters. The molecule has 2 heteroatoms. The third kappa shape index (κ3) is 3.26. The summed E-state index contributed by atoms with van der Waals surface area (Å²) in [7, 11) is 0. The number of hydrogen-bond acceptors (Lipinski definition) is 2. The lowest BCUT2D eigenvalue weighted by molar-refractivity contribution is 0.395. The summed E-state index contributed by atoms with van der Waals surface area (Å²) in [4.78, 5) is 0. The summed E-state index contributed by atoms with van der Waals surface area (Å²) in [5.74, 6) is 3.16. The van der Waals surface area contributed by atoms with Crippen LogP contribution in [0.15, 0.2) is 24.3 Å². The highest BCUT2D eigenvalue weighted by molar-refractivity contribution is 7.99. The van der Waals surface area contributed by atoms with E-state index in [9.17, 15) is 0 Å². The van der Waals surface area contributed by atoms with Crippen LogP contribution < -0.4 is 5.73 Å². The Bertz CT molecular complexity index is 351. The van der Waals surface area contributed by atoms with Gasteiger partial charge in [0.05, 0.1) is 0 Å². The van der Waals surface area contributed by atoms with E-state index in [0.29, 0.717) is 5.92 Å². The minimum Gasteiger partial charge on any atom is -0.324 e. The highest BCUT2D eigenvalue weighted by Crippen LogP contribution is 2.33. The maximum atomic E-state index is 6.46. The first-order valence-electron chi connectivity index (χ1n) is 6.74. The van der Waals surface area contributed by atoms with Crippen molar-refractivity contribution in [1.82, 2.24) is 0 Å². The summed E-state index contributed by atoms with van der Waals surface area (Å²) >= 11 is 2.04. The molecule has 1 aromatic carbocycles. The zero-order valence-electron chi connectivity index (χ0n) is 10.7. The predicted octanol–water partition coefficient (Wildman–Crippen LogP) is 3.78. The lowest BCUT2D eigenvalue weighted by atomic mass is 9.89. The van der Waals surface area contributed by atoms with Crippen LogP contribution in [0, 0.1) is 5.92 Å². The van der Waals surface area contributed by atoms with Crippen LogP contribution in [0.1, 0.15) is 43.4 Å². The highest BCUT2D eigenvalue weighted by atomic mass is 32.2. The SMILES string of the molecule is CCSCCC1CCCc2ccccc2C1N. The maximum Gasteiger partial charge on any atom is 0.0326 e. The fourth-order valence-corrected chi connectivity index (χ4v) is 3.54. The number of rotatable bonds is 4. The largest absolute Gasteiger partial charge is 0.324 e. The van der Waals surface area contributed by atoms with E-state index in [0.717, 1.165) is 0 Å². The molecule has 1 aliphatic carbocycles. The maximum absolute atomic E-state index is 6.46. The molecule has 0 radical (unpaired) electrons. The Labute approximate surface area is 109 Å². The van der Waals surface area contributed by atoms with E-state index in [1.807, 2.05) is 11.8 Å². The Morgan fingerprint density at radius 3 is 3.00 bits per heavy atom. The molecule has 2 N–H and O–H groups in total. The number of hydrogen-bond donors (Lipinski definition) is 1. The van der Waals surface area contributed by atoms with Crippen molar-refractivity contribution >= 4 is 11.8 Å². The average molecular weight is 249 g/mol. The first-order valence-corrected chi connectivity index (χ1v) is 7.89. The topological polar surface area (TPSA) is 26.0 Å². The normalized spacial score (nSPS) is 24.1. The van der Waals surface area contributed by atoms with Gasteiger partial charge < -0.3 is 5.73 Å². The van der Waals surface area contributed by atoms with Crippen molar-refractivity contribution < 1.29 is 0 Å². The highest BCUT2D eigenvalue weighted by Gasteiger charge is 2.23. The fraction of sp³-hybridized carbons (Fsp3) is 0.600. The second-order valence-electron chi connectivity index (χ2n) is 4.86. The zero-order chi connectivity index (χ0) is 12.1. The van der Waals surface area contributed by atoms with E-state index in [1.54, 1.807) is 0 Å². The lowest BCUT2D eigenvalue weighted by Gasteiger charge is -2.22. The molecular weight excluding hydrogens is 226 g/mol. The molecule has 0 bridgehead atoms. The summed E-state index contributed by atoms with van der Waals surface area (Å²) in [5.41, 5.74) is 9.34. The van der Waals surface area contributed by atoms with Gasteiger partial charge in [0, 0.05) is 6.04 Å². The molecule has 1 aromatic rings. The Morgan fingerprint density at radius 2 is 2.18 bits per heavy atom. The average Bonchev–Trinajstić information content (AvgIpc) is 2.51. The van der Waals surface area contributed by atoms with Crippen molar-refractivity contribution in [1.29, 1.82) is 0 Å². The molecule has 0 amide bonds. The summed E-state index contributed by atoms with van der Waals surface area (Å²) in [6.45, 7) is 2.23. The fourth-order valence-electron chi connectivity index (χ4n) is 2.78. The van der Waals surface area contributed by atoms with Gasteiger partial charge in [-0.3, -0.25) is 0 Å². The second kappa shape index (κ2) is 6.46. The number of nitrogens with two attached hydrogens (primary N) is 1. The van der Waals surface area contributed by atoms with E-state index in [2.05, 4.69) is 31.2 Å². The van der Waals surface area contributed by atoms with Crippen LogP contribution in [0.4, 0.5) is 0 Å². The molecule has 1 aliphatic rings. The molecule has 0 spiro atoms. The van der Waals surface area contributed by atoms with E-state index >= 15 is 0 Å². The molecule has 0 saturated heterocycles. The van der Waals surface area contributed by atoms with Crippen molar-refractivity contribution in [3.8, 4) is 0 Å². The quantitative estimate of drug-likeness (QED) is 0.649. The molecule has 2 rings (SSSR count). The van der Waals surface area contributed by atoms with Gasteiger partial charge in [0.25, 0.3) is 0 Å². The summed E-state index contributed by atoms with van der Waals surface area (Å²) in [5, 5.41) is 0. The number of thioether (sulfide) groups is 1. The standard InChI is InChI=1S/C15H23NS/c1-2-17-11-10-13-8-5-7-12-6-3-4-9-14(12)15(13)16/h3-4,6,9,13,15H,2,5,7-8,10-11,16H2,1H3. The van der Waals surface area contributed by atoms with E-state index in [4.69, 9.17) is 5.73 Å². The van der Waals surface area contributed by atoms with Gasteiger partial charge >= 0.3 is 0 Å². The molecule has 1 nitrogen and oxygen atoms in total. The Morgan fingerprint density at radius 1 is 1.35 bits per heavy atom. The molecular formula is C15H23NS. The van der Waals surface area contributed by atoms with Crippen molar-refractivity contribution in [3.63, 3.8) is 0 Å². The van der Waals surface area contributed by atoms with Crippen LogP contribution in [0.25, 0.3) is 0 Å². The smallest absolute Gasteiger partial charge is 0.0326 e. The monoisotopic (exact) mass is 249 g/mol. The van der Waals surface area contributed by atoms with Gasteiger partial charge in [-0.1, -0.05) is 31.2 Å². The van der Waals surface area contributed by atoms with Crippen LogP contribution >= 0.6 is 11.8 Å². The van der Waals surface area contributed by atoms with Gasteiger partial charge in [0.15, 0.2) is 0 Å². The summed E-state index contributed by atoms with van der Waals surface area (Å²) < 4.78 is 0. The minimum absolute atomic E-state index is 0.256. The van der Waals surface area contributed by atoms with E-state index in [1.165, 1.54) is 48.3 Å². The predicted molar refractivity (Wildman–Crippen MR) is 77.4 cm³/mol. The zero-order valence-corrected chi connectivity index (χ0v) is 11.5. The number of aryl methyl sites for hydroxylation is 1. The molecule has 0 saturated carbocycles. The first kappa shape index (κ1) is 13.0. The van der Waals surface area contributed by atoms with E-state index < -0.39 is 0 Å². The van der Waals surface area contributed by atoms with Crippen LogP contribution in [-0.4, -0.2) is 11.5 Å². The van der Waals surface area contributed by atoms with Crippen LogP contribution in [0.3, 0.4) is 0 Å². The lowest BCUT2D eigenvalue weighted by Crippen LogP contribution is -2.21. The van der Waals surface area contributed by atoms with Crippen molar-refractivity contribution in [2.75, 3.05) is 11.5 Å². The Kier molecular flexibility index (Phi) is 4.93. The number of fused-ring (bicyclic) bond motifs is 1. The van der Waals surface area contributed by atoms with Crippen LogP contribution in [0.2, 0.25) is 0 Å². The minimum atomic E-state index is 0.256. The molecule has 94 valence electrons. The number of benzene rings is 1. The van der Waals surface area contributed by atoms with E-state index in [-0.39, 0.29) is 6.04 Å². The van der Waals surface area contributed by atoms with Gasteiger partial charge in [-0.2, -0.15) is 11.8 Å². The van der Waals surface area contributed by atoms with Gasteiger partial charge in [-0.15, -0.1) is 0 Å². The van der Waals surface area contributed by atoms with Crippen molar-refractivity contribution in [2.24, 2.45) is 11.7 Å². The Hall–Kier alpha value is -0.470. The first-order chi connectivity index (χ1) is 8.33. The molecule has 0 aliphatic heterocycles. The van der Waals surface area contributed by atoms with Crippen LogP contribution in [0.5, 0.6) is 0 Å². The molecule has 0 heterocycles. The third-order valence-corrected chi connectivity index (χ3v) is 4.71. The second-order valence-corrected chi connectivity index (χ2v) is 6.26. The van der Waals surface area contributed by atoms with Crippen molar-refractivity contribution in [2.45, 2.75) is 38.6 Å². The molecule has 0 fully saturated rings. The third-order valence-electron chi connectivity index (χ3n) is 3.78. The van der Waals surface area contributed by atoms with Gasteiger partial charge in [0.1, 0.15) is 0 Å². The van der Waals surface area contributed by atoms with Gasteiger partial charge in [0.2, 0.25) is 0 Å². The molecule has 17 heavy (non-hydrogen) atoms. The van der Waals surface area contributed by atoms with Crippen LogP contribution in [-0.2, 0) is 6.42 Å².